The summed E-state index contributed by atoms with van der Waals surface area (Å²) >= 11 is 0. The Morgan fingerprint density at radius 3 is 3.17 bits per heavy atom. The first kappa shape index (κ1) is 11.9. The molecular weight excluding hydrogens is 228 g/mol. The summed E-state index contributed by atoms with van der Waals surface area (Å²) in [6, 6.07) is 0. The molecule has 0 radical (unpaired) electrons. The van der Waals surface area contributed by atoms with Gasteiger partial charge in [-0.3, -0.25) is 4.79 Å². The van der Waals surface area contributed by atoms with Gasteiger partial charge in [0.05, 0.1) is 12.5 Å². The zero-order valence-electron chi connectivity index (χ0n) is 10.6. The molecule has 3 heteroatoms. The number of ketones is 1. The maximum absolute atomic E-state index is 12.0. The fourth-order valence-corrected chi connectivity index (χ4v) is 3.26. The van der Waals surface area contributed by atoms with Gasteiger partial charge in [-0.25, -0.2) is 0 Å². The third-order valence-electron chi connectivity index (χ3n) is 4.16. The molecule has 1 fully saturated rings. The molecule has 0 amide bonds. The van der Waals surface area contributed by atoms with Crippen molar-refractivity contribution in [3.8, 4) is 0 Å². The molecule has 0 aromatic rings. The van der Waals surface area contributed by atoms with Crippen LogP contribution in [0.15, 0.2) is 36.0 Å². The molecule has 0 aromatic heterocycles. The Morgan fingerprint density at radius 2 is 2.33 bits per heavy atom. The second-order valence-corrected chi connectivity index (χ2v) is 5.12. The monoisotopic (exact) mass is 246 g/mol. The lowest BCUT2D eigenvalue weighted by molar-refractivity contribution is -0.226. The van der Waals surface area contributed by atoms with E-state index in [0.717, 1.165) is 24.8 Å². The molecule has 3 aliphatic rings. The summed E-state index contributed by atoms with van der Waals surface area (Å²) < 4.78 is 11.6. The molecular formula is C15H18O3. The van der Waals surface area contributed by atoms with Crippen LogP contribution in [0.25, 0.3) is 0 Å². The Kier molecular flexibility index (Phi) is 2.96. The summed E-state index contributed by atoms with van der Waals surface area (Å²) in [6.45, 7) is 0.687. The molecule has 3 nitrogen and oxygen atoms in total. The summed E-state index contributed by atoms with van der Waals surface area (Å²) in [6.07, 6.45) is 12.7. The van der Waals surface area contributed by atoms with Crippen LogP contribution >= 0.6 is 0 Å². The molecule has 18 heavy (non-hydrogen) atoms. The van der Waals surface area contributed by atoms with Gasteiger partial charge in [0.1, 0.15) is 0 Å². The Balaban J connectivity index is 2.09. The van der Waals surface area contributed by atoms with Gasteiger partial charge in [0.25, 0.3) is 0 Å². The van der Waals surface area contributed by atoms with E-state index in [2.05, 4.69) is 6.08 Å². The van der Waals surface area contributed by atoms with Crippen molar-refractivity contribution >= 4 is 5.78 Å². The first-order chi connectivity index (χ1) is 8.77. The third-order valence-corrected chi connectivity index (χ3v) is 4.16. The van der Waals surface area contributed by atoms with Crippen LogP contribution in [0.2, 0.25) is 0 Å². The number of carbonyl (C=O) groups is 1. The molecule has 2 aliphatic carbocycles. The minimum atomic E-state index is -0.754. The second kappa shape index (κ2) is 4.48. The quantitative estimate of drug-likeness (QED) is 0.712. The van der Waals surface area contributed by atoms with Crippen molar-refractivity contribution in [2.45, 2.75) is 25.0 Å². The Labute approximate surface area is 107 Å². The normalized spacial score (nSPS) is 38.7. The zero-order valence-corrected chi connectivity index (χ0v) is 10.6. The van der Waals surface area contributed by atoms with Crippen molar-refractivity contribution in [2.24, 2.45) is 11.8 Å². The van der Waals surface area contributed by atoms with Gasteiger partial charge >= 0.3 is 0 Å². The van der Waals surface area contributed by atoms with Gasteiger partial charge in [-0.2, -0.15) is 0 Å². The second-order valence-electron chi connectivity index (χ2n) is 5.12. The standard InChI is InChI=1S/C15H18O3/c1-17-15-9-8-13(16)12-7-4-6-11(14(12)15)5-2-3-10-18-15/h4,6-9,11,14H,2-3,5,10H2,1H3/t11-,14-,15+/m1/s1. The Bertz CT molecular complexity index is 447. The molecule has 3 atom stereocenters. The molecule has 1 saturated heterocycles. The van der Waals surface area contributed by atoms with E-state index in [0.29, 0.717) is 12.5 Å². The van der Waals surface area contributed by atoms with Gasteiger partial charge in [0.2, 0.25) is 0 Å². The van der Waals surface area contributed by atoms with Crippen molar-refractivity contribution in [3.63, 3.8) is 0 Å². The first-order valence-electron chi connectivity index (χ1n) is 6.58. The summed E-state index contributed by atoms with van der Waals surface area (Å²) in [4.78, 5) is 12.0. The van der Waals surface area contributed by atoms with Gasteiger partial charge in [-0.15, -0.1) is 0 Å². The fourth-order valence-electron chi connectivity index (χ4n) is 3.26. The number of carbonyl (C=O) groups excluding carboxylic acids is 1. The van der Waals surface area contributed by atoms with Crippen LogP contribution in [-0.2, 0) is 14.3 Å². The smallest absolute Gasteiger partial charge is 0.195 e. The largest absolute Gasteiger partial charge is 0.349 e. The summed E-state index contributed by atoms with van der Waals surface area (Å²) in [5.74, 6) is -0.328. The fraction of sp³-hybridized carbons (Fsp3) is 0.533. The Hall–Kier alpha value is -1.19. The number of ether oxygens (including phenoxy) is 2. The van der Waals surface area contributed by atoms with Gasteiger partial charge in [-0.05, 0) is 30.9 Å². The van der Waals surface area contributed by atoms with Gasteiger partial charge < -0.3 is 9.47 Å². The van der Waals surface area contributed by atoms with Gasteiger partial charge in [0, 0.05) is 12.7 Å². The van der Waals surface area contributed by atoms with Crippen LogP contribution in [0.1, 0.15) is 19.3 Å². The molecule has 96 valence electrons. The molecule has 0 aromatic carbocycles. The number of hydrogen-bond donors (Lipinski definition) is 0. The molecule has 0 spiro atoms. The van der Waals surface area contributed by atoms with E-state index in [4.69, 9.17) is 9.47 Å². The summed E-state index contributed by atoms with van der Waals surface area (Å²) in [5.41, 5.74) is 0.828. The molecule has 0 saturated carbocycles. The van der Waals surface area contributed by atoms with Crippen LogP contribution in [-0.4, -0.2) is 25.3 Å². The highest BCUT2D eigenvalue weighted by molar-refractivity contribution is 6.06. The topological polar surface area (TPSA) is 35.5 Å². The number of rotatable bonds is 1. The predicted molar refractivity (Wildman–Crippen MR) is 67.9 cm³/mol. The summed E-state index contributed by atoms with van der Waals surface area (Å²) in [5, 5.41) is 0. The van der Waals surface area contributed by atoms with Crippen LogP contribution in [0.5, 0.6) is 0 Å². The van der Waals surface area contributed by atoms with Crippen molar-refractivity contribution in [2.75, 3.05) is 13.7 Å². The van der Waals surface area contributed by atoms with E-state index in [-0.39, 0.29) is 11.7 Å². The van der Waals surface area contributed by atoms with Crippen molar-refractivity contribution < 1.29 is 14.3 Å². The molecule has 0 unspecified atom stereocenters. The van der Waals surface area contributed by atoms with E-state index in [1.165, 1.54) is 0 Å². The van der Waals surface area contributed by atoms with E-state index >= 15 is 0 Å². The molecule has 1 aliphatic heterocycles. The SMILES string of the molecule is CO[C@@]12C=CC(=O)C3=CC=C[C@@H](CCCCO1)[C@H]32. The maximum Gasteiger partial charge on any atom is 0.195 e. The maximum atomic E-state index is 12.0. The average Bonchev–Trinajstić information content (AvgIpc) is 2.38. The van der Waals surface area contributed by atoms with E-state index in [9.17, 15) is 4.79 Å². The van der Waals surface area contributed by atoms with E-state index in [1.807, 2.05) is 12.2 Å². The highest BCUT2D eigenvalue weighted by atomic mass is 16.7. The number of allylic oxidation sites excluding steroid dienone is 4. The molecule has 1 heterocycles. The van der Waals surface area contributed by atoms with Crippen molar-refractivity contribution in [1.29, 1.82) is 0 Å². The average molecular weight is 246 g/mol. The van der Waals surface area contributed by atoms with E-state index in [1.54, 1.807) is 19.3 Å². The lowest BCUT2D eigenvalue weighted by atomic mass is 9.70. The summed E-state index contributed by atoms with van der Waals surface area (Å²) in [7, 11) is 1.66. The van der Waals surface area contributed by atoms with Gasteiger partial charge in [-0.1, -0.05) is 24.6 Å². The third kappa shape index (κ3) is 1.70. The van der Waals surface area contributed by atoms with Crippen molar-refractivity contribution in [1.82, 2.24) is 0 Å². The molecule has 3 rings (SSSR count). The first-order valence-corrected chi connectivity index (χ1v) is 6.58. The highest BCUT2D eigenvalue weighted by Crippen LogP contribution is 2.45. The highest BCUT2D eigenvalue weighted by Gasteiger charge is 2.49. The van der Waals surface area contributed by atoms with Gasteiger partial charge in [0.15, 0.2) is 11.6 Å². The van der Waals surface area contributed by atoms with Crippen LogP contribution in [0.3, 0.4) is 0 Å². The number of methoxy groups -OCH3 is 1. The van der Waals surface area contributed by atoms with Crippen LogP contribution in [0.4, 0.5) is 0 Å². The lowest BCUT2D eigenvalue weighted by Crippen LogP contribution is -2.50. The van der Waals surface area contributed by atoms with E-state index < -0.39 is 5.79 Å². The minimum absolute atomic E-state index is 0.00491. The minimum Gasteiger partial charge on any atom is -0.349 e. The lowest BCUT2D eigenvalue weighted by Gasteiger charge is -2.45. The predicted octanol–water partition coefficient (Wildman–Crippen LogP) is 2.40. The Morgan fingerprint density at radius 1 is 1.44 bits per heavy atom. The van der Waals surface area contributed by atoms with Crippen LogP contribution < -0.4 is 0 Å². The van der Waals surface area contributed by atoms with Crippen molar-refractivity contribution in [3.05, 3.63) is 36.0 Å². The molecule has 0 N–H and O–H groups in total. The molecule has 0 bridgehead atoms. The number of hydrogen-bond acceptors (Lipinski definition) is 3. The zero-order chi connectivity index (χ0) is 12.6. The van der Waals surface area contributed by atoms with Crippen LogP contribution in [0, 0.1) is 11.8 Å².